The number of carbonyl (C=O) groups is 1. The van der Waals surface area contributed by atoms with E-state index in [1.54, 1.807) is 4.72 Å². The molecule has 0 aliphatic rings. The van der Waals surface area contributed by atoms with Crippen LogP contribution < -0.4 is 15.8 Å². The fourth-order valence-corrected chi connectivity index (χ4v) is 2.41. The number of carbonyl (C=O) groups excluding carboxylic acids is 1. The van der Waals surface area contributed by atoms with Crippen molar-refractivity contribution in [3.63, 3.8) is 0 Å². The summed E-state index contributed by atoms with van der Waals surface area (Å²) in [5.74, 6) is -0.853. The van der Waals surface area contributed by atoms with E-state index in [9.17, 15) is 17.6 Å². The minimum absolute atomic E-state index is 0.358. The predicted molar refractivity (Wildman–Crippen MR) is 69.4 cm³/mol. The van der Waals surface area contributed by atoms with Crippen LogP contribution in [0.2, 0.25) is 0 Å². The molecule has 8 heteroatoms. The van der Waals surface area contributed by atoms with E-state index in [0.29, 0.717) is 6.54 Å². The minimum atomic E-state index is -4.18. The van der Waals surface area contributed by atoms with Gasteiger partial charge in [0.2, 0.25) is 0 Å². The molecule has 4 N–H and O–H groups in total. The molecular formula is C11H16FN3O3S. The van der Waals surface area contributed by atoms with Gasteiger partial charge in [0.15, 0.2) is 0 Å². The van der Waals surface area contributed by atoms with Crippen molar-refractivity contribution in [3.8, 4) is 0 Å². The lowest BCUT2D eigenvalue weighted by molar-refractivity contribution is 0.245. The number of hydrogen-bond acceptors (Lipinski definition) is 4. The number of rotatable bonds is 5. The van der Waals surface area contributed by atoms with Crippen molar-refractivity contribution >= 4 is 21.7 Å². The van der Waals surface area contributed by atoms with Gasteiger partial charge in [-0.15, -0.1) is 0 Å². The molecule has 1 rings (SSSR count). The van der Waals surface area contributed by atoms with Crippen LogP contribution in [0.1, 0.15) is 19.8 Å². The number of amides is 2. The number of para-hydroxylation sites is 1. The molecular weight excluding hydrogens is 273 g/mol. The van der Waals surface area contributed by atoms with Gasteiger partial charge in [0.25, 0.3) is 10.0 Å². The highest BCUT2D eigenvalue weighted by atomic mass is 32.2. The van der Waals surface area contributed by atoms with Gasteiger partial charge in [-0.25, -0.2) is 22.3 Å². The van der Waals surface area contributed by atoms with Gasteiger partial charge in [-0.05, 0) is 18.6 Å². The molecule has 0 radical (unpaired) electrons. The van der Waals surface area contributed by atoms with Gasteiger partial charge in [-0.3, -0.25) is 0 Å². The summed E-state index contributed by atoms with van der Waals surface area (Å²) in [6.45, 7) is 2.29. The third kappa shape index (κ3) is 4.09. The van der Waals surface area contributed by atoms with Crippen molar-refractivity contribution in [1.29, 1.82) is 0 Å². The zero-order chi connectivity index (χ0) is 14.5. The molecule has 0 saturated carbocycles. The minimum Gasteiger partial charge on any atom is -0.395 e. The lowest BCUT2D eigenvalue weighted by atomic mass is 10.3. The van der Waals surface area contributed by atoms with Gasteiger partial charge >= 0.3 is 6.03 Å². The zero-order valence-electron chi connectivity index (χ0n) is 10.4. The number of nitrogen functional groups attached to an aromatic ring is 1. The molecule has 0 saturated heterocycles. The Morgan fingerprint density at radius 2 is 2.11 bits per heavy atom. The Labute approximate surface area is 111 Å². The van der Waals surface area contributed by atoms with Gasteiger partial charge in [0.1, 0.15) is 10.7 Å². The van der Waals surface area contributed by atoms with Crippen LogP contribution in [0.5, 0.6) is 0 Å². The molecule has 0 fully saturated rings. The van der Waals surface area contributed by atoms with E-state index in [2.05, 4.69) is 5.32 Å². The maximum atomic E-state index is 13.2. The first kappa shape index (κ1) is 15.2. The Morgan fingerprint density at radius 3 is 2.74 bits per heavy atom. The molecule has 106 valence electrons. The van der Waals surface area contributed by atoms with Crippen LogP contribution in [0.25, 0.3) is 0 Å². The molecule has 2 amide bonds. The van der Waals surface area contributed by atoms with Crippen molar-refractivity contribution < 1.29 is 17.6 Å². The summed E-state index contributed by atoms with van der Waals surface area (Å²) in [5, 5.41) is 2.38. The first-order chi connectivity index (χ1) is 8.88. The topological polar surface area (TPSA) is 101 Å². The monoisotopic (exact) mass is 289 g/mol. The number of benzene rings is 1. The van der Waals surface area contributed by atoms with Gasteiger partial charge in [0, 0.05) is 6.54 Å². The highest BCUT2D eigenvalue weighted by Crippen LogP contribution is 2.20. The summed E-state index contributed by atoms with van der Waals surface area (Å²) in [6, 6.07) is 2.50. The SMILES string of the molecule is CCCCNC(=O)NS(=O)(=O)c1cccc(F)c1N. The Hall–Kier alpha value is -1.83. The van der Waals surface area contributed by atoms with Gasteiger partial charge in [-0.1, -0.05) is 19.4 Å². The lowest BCUT2D eigenvalue weighted by Gasteiger charge is -2.10. The van der Waals surface area contributed by atoms with E-state index >= 15 is 0 Å². The second-order valence-corrected chi connectivity index (χ2v) is 5.52. The molecule has 1 aromatic rings. The van der Waals surface area contributed by atoms with E-state index in [4.69, 9.17) is 5.73 Å². The summed E-state index contributed by atoms with van der Waals surface area (Å²) in [5.41, 5.74) is 4.82. The Kier molecular flexibility index (Phi) is 5.11. The Balaban J connectivity index is 2.81. The summed E-state index contributed by atoms with van der Waals surface area (Å²) in [6.07, 6.45) is 1.60. The van der Waals surface area contributed by atoms with Gasteiger partial charge in [0.05, 0.1) is 5.69 Å². The third-order valence-electron chi connectivity index (χ3n) is 2.35. The van der Waals surface area contributed by atoms with Crippen molar-refractivity contribution in [3.05, 3.63) is 24.0 Å². The van der Waals surface area contributed by atoms with E-state index in [1.165, 1.54) is 6.07 Å². The number of nitrogens with two attached hydrogens (primary N) is 1. The third-order valence-corrected chi connectivity index (χ3v) is 3.73. The van der Waals surface area contributed by atoms with E-state index < -0.39 is 32.5 Å². The molecule has 0 heterocycles. The van der Waals surface area contributed by atoms with Crippen molar-refractivity contribution in [2.45, 2.75) is 24.7 Å². The Bertz CT molecular complexity index is 560. The van der Waals surface area contributed by atoms with Gasteiger partial charge < -0.3 is 11.1 Å². The molecule has 0 spiro atoms. The molecule has 0 aromatic heterocycles. The maximum absolute atomic E-state index is 13.2. The van der Waals surface area contributed by atoms with Crippen LogP contribution in [-0.2, 0) is 10.0 Å². The molecule has 0 bridgehead atoms. The number of urea groups is 1. The highest BCUT2D eigenvalue weighted by Gasteiger charge is 2.21. The number of anilines is 1. The number of sulfonamides is 1. The maximum Gasteiger partial charge on any atom is 0.328 e. The standard InChI is InChI=1S/C11H16FN3O3S/c1-2-3-7-14-11(16)15-19(17,18)9-6-4-5-8(12)10(9)13/h4-6H,2-3,7,13H2,1H3,(H2,14,15,16). The average molecular weight is 289 g/mol. The smallest absolute Gasteiger partial charge is 0.328 e. The van der Waals surface area contributed by atoms with E-state index in [1.807, 2.05) is 6.92 Å². The van der Waals surface area contributed by atoms with E-state index in [0.717, 1.165) is 25.0 Å². The fraction of sp³-hybridized carbons (Fsp3) is 0.364. The van der Waals surface area contributed by atoms with Crippen LogP contribution in [0.3, 0.4) is 0 Å². The van der Waals surface area contributed by atoms with Crippen molar-refractivity contribution in [1.82, 2.24) is 10.0 Å². The molecule has 0 atom stereocenters. The Morgan fingerprint density at radius 1 is 1.42 bits per heavy atom. The summed E-state index contributed by atoms with van der Waals surface area (Å²) in [7, 11) is -4.18. The second-order valence-electron chi connectivity index (χ2n) is 3.87. The molecule has 6 nitrogen and oxygen atoms in total. The average Bonchev–Trinajstić information content (AvgIpc) is 2.32. The van der Waals surface area contributed by atoms with E-state index in [-0.39, 0.29) is 0 Å². The number of nitrogens with one attached hydrogen (secondary N) is 2. The highest BCUT2D eigenvalue weighted by molar-refractivity contribution is 7.90. The summed E-state index contributed by atoms with van der Waals surface area (Å²) in [4.78, 5) is 10.9. The second kappa shape index (κ2) is 6.37. The summed E-state index contributed by atoms with van der Waals surface area (Å²) < 4.78 is 38.6. The van der Waals surface area contributed by atoms with Crippen LogP contribution in [0, 0.1) is 5.82 Å². The predicted octanol–water partition coefficient (Wildman–Crippen LogP) is 1.20. The summed E-state index contributed by atoms with van der Waals surface area (Å²) >= 11 is 0. The molecule has 1 aromatic carbocycles. The van der Waals surface area contributed by atoms with Crippen LogP contribution in [-0.4, -0.2) is 21.0 Å². The van der Waals surface area contributed by atoms with Gasteiger partial charge in [-0.2, -0.15) is 0 Å². The molecule has 0 aliphatic carbocycles. The number of halogens is 1. The number of hydrogen-bond donors (Lipinski definition) is 3. The fourth-order valence-electron chi connectivity index (χ4n) is 1.34. The van der Waals surface area contributed by atoms with Crippen LogP contribution >= 0.6 is 0 Å². The van der Waals surface area contributed by atoms with Crippen LogP contribution in [0.4, 0.5) is 14.9 Å². The lowest BCUT2D eigenvalue weighted by Crippen LogP contribution is -2.40. The van der Waals surface area contributed by atoms with Crippen LogP contribution in [0.15, 0.2) is 23.1 Å². The quantitative estimate of drug-likeness (QED) is 0.560. The zero-order valence-corrected chi connectivity index (χ0v) is 11.3. The molecule has 0 unspecified atom stereocenters. The van der Waals surface area contributed by atoms with Crippen molar-refractivity contribution in [2.24, 2.45) is 0 Å². The first-order valence-corrected chi connectivity index (χ1v) is 7.21. The first-order valence-electron chi connectivity index (χ1n) is 5.73. The number of unbranched alkanes of at least 4 members (excludes halogenated alkanes) is 1. The largest absolute Gasteiger partial charge is 0.395 e. The normalized spacial score (nSPS) is 11.1. The molecule has 19 heavy (non-hydrogen) atoms. The van der Waals surface area contributed by atoms with Crippen molar-refractivity contribution in [2.75, 3.05) is 12.3 Å². The molecule has 0 aliphatic heterocycles.